The predicted octanol–water partition coefficient (Wildman–Crippen LogP) is 2.78. The van der Waals surface area contributed by atoms with Gasteiger partial charge in [0.1, 0.15) is 0 Å². The molecule has 0 aliphatic heterocycles. The molecule has 3 rings (SSSR count). The molecule has 0 aliphatic rings. The first-order valence-corrected chi connectivity index (χ1v) is 8.95. The highest BCUT2D eigenvalue weighted by Crippen LogP contribution is 2.28. The second kappa shape index (κ2) is 8.17. The van der Waals surface area contributed by atoms with E-state index in [-0.39, 0.29) is 24.6 Å². The molecule has 1 aromatic carbocycles. The van der Waals surface area contributed by atoms with E-state index >= 15 is 0 Å². The molecule has 0 bridgehead atoms. The van der Waals surface area contributed by atoms with Crippen LogP contribution in [0.15, 0.2) is 45.5 Å². The second-order valence-electron chi connectivity index (χ2n) is 5.82. The number of halogens is 1. The van der Waals surface area contributed by atoms with Crippen LogP contribution in [0.4, 0.5) is 0 Å². The molecule has 2 aromatic heterocycles. The zero-order chi connectivity index (χ0) is 19.4. The number of carbonyl (C=O) groups is 2. The van der Waals surface area contributed by atoms with Gasteiger partial charge in [-0.25, -0.2) is 9.78 Å². The molecule has 0 atom stereocenters. The number of carboxylic acid groups (broad SMARTS) is 1. The Morgan fingerprint density at radius 2 is 2.07 bits per heavy atom. The van der Waals surface area contributed by atoms with E-state index in [0.29, 0.717) is 23.6 Å². The molecule has 3 aromatic rings. The molecule has 1 amide bonds. The van der Waals surface area contributed by atoms with Crippen LogP contribution in [0, 0.1) is 0 Å². The minimum absolute atomic E-state index is 0.0566. The van der Waals surface area contributed by atoms with Gasteiger partial charge in [-0.15, -0.1) is 0 Å². The zero-order valence-corrected chi connectivity index (χ0v) is 16.1. The summed E-state index contributed by atoms with van der Waals surface area (Å²) in [6.07, 6.45) is 3.58. The summed E-state index contributed by atoms with van der Waals surface area (Å²) in [5, 5.41) is 15.8. The standard InChI is InChI=1S/C18H17BrN4O4/c1-23-17(18(25)26)11(9-22-23)8-20-15(24)6-7-16-21-10-14(27-16)12-4-2-3-5-13(12)19/h2-5,9-10H,6-8H2,1H3,(H,20,24)(H,25,26). The van der Waals surface area contributed by atoms with Crippen molar-refractivity contribution in [1.29, 1.82) is 0 Å². The van der Waals surface area contributed by atoms with Crippen LogP contribution in [0.2, 0.25) is 0 Å². The Kier molecular flexibility index (Phi) is 5.70. The van der Waals surface area contributed by atoms with E-state index in [0.717, 1.165) is 10.0 Å². The third kappa shape index (κ3) is 4.43. The van der Waals surface area contributed by atoms with Crippen molar-refractivity contribution in [1.82, 2.24) is 20.1 Å². The average Bonchev–Trinajstić information content (AvgIpc) is 3.25. The van der Waals surface area contributed by atoms with Crippen molar-refractivity contribution >= 4 is 27.8 Å². The number of aryl methyl sites for hydroxylation is 2. The largest absolute Gasteiger partial charge is 0.477 e. The van der Waals surface area contributed by atoms with E-state index in [9.17, 15) is 14.7 Å². The lowest BCUT2D eigenvalue weighted by molar-refractivity contribution is -0.121. The number of carboxylic acids is 1. The van der Waals surface area contributed by atoms with Crippen LogP contribution in [0.3, 0.4) is 0 Å². The molecule has 0 fully saturated rings. The lowest BCUT2D eigenvalue weighted by atomic mass is 10.2. The van der Waals surface area contributed by atoms with Gasteiger partial charge in [-0.2, -0.15) is 5.10 Å². The molecule has 0 aliphatic carbocycles. The summed E-state index contributed by atoms with van der Waals surface area (Å²) in [6, 6.07) is 7.64. The van der Waals surface area contributed by atoms with Crippen molar-refractivity contribution < 1.29 is 19.1 Å². The Bertz CT molecular complexity index is 979. The third-order valence-electron chi connectivity index (χ3n) is 3.95. The lowest BCUT2D eigenvalue weighted by Gasteiger charge is -2.04. The van der Waals surface area contributed by atoms with Gasteiger partial charge in [-0.1, -0.05) is 34.1 Å². The van der Waals surface area contributed by atoms with E-state index in [2.05, 4.69) is 31.3 Å². The van der Waals surface area contributed by atoms with Crippen molar-refractivity contribution in [2.45, 2.75) is 19.4 Å². The monoisotopic (exact) mass is 432 g/mol. The van der Waals surface area contributed by atoms with E-state index in [4.69, 9.17) is 4.42 Å². The van der Waals surface area contributed by atoms with E-state index in [1.165, 1.54) is 10.9 Å². The Labute approximate surface area is 163 Å². The molecule has 9 heteroatoms. The Morgan fingerprint density at radius 1 is 1.30 bits per heavy atom. The number of oxazole rings is 1. The van der Waals surface area contributed by atoms with Crippen molar-refractivity contribution in [3.8, 4) is 11.3 Å². The number of nitrogens with one attached hydrogen (secondary N) is 1. The Balaban J connectivity index is 1.55. The first kappa shape index (κ1) is 18.8. The highest BCUT2D eigenvalue weighted by Gasteiger charge is 2.16. The van der Waals surface area contributed by atoms with Crippen molar-refractivity contribution in [3.05, 3.63) is 58.3 Å². The van der Waals surface area contributed by atoms with Crippen molar-refractivity contribution in [3.63, 3.8) is 0 Å². The van der Waals surface area contributed by atoms with Gasteiger partial charge in [-0.3, -0.25) is 9.48 Å². The molecular formula is C18H17BrN4O4. The molecule has 0 saturated heterocycles. The first-order valence-electron chi connectivity index (χ1n) is 8.16. The number of rotatable bonds is 7. The predicted molar refractivity (Wildman–Crippen MR) is 100.0 cm³/mol. The van der Waals surface area contributed by atoms with Gasteiger partial charge in [0, 0.05) is 42.0 Å². The zero-order valence-electron chi connectivity index (χ0n) is 14.5. The fourth-order valence-electron chi connectivity index (χ4n) is 2.60. The van der Waals surface area contributed by atoms with Crippen LogP contribution in [0.1, 0.15) is 28.4 Å². The van der Waals surface area contributed by atoms with Crippen LogP contribution < -0.4 is 5.32 Å². The highest BCUT2D eigenvalue weighted by atomic mass is 79.9. The minimum Gasteiger partial charge on any atom is -0.477 e. The summed E-state index contributed by atoms with van der Waals surface area (Å²) >= 11 is 3.46. The molecule has 0 spiro atoms. The highest BCUT2D eigenvalue weighted by molar-refractivity contribution is 9.10. The summed E-state index contributed by atoms with van der Waals surface area (Å²) < 4.78 is 7.87. The topological polar surface area (TPSA) is 110 Å². The molecule has 0 unspecified atom stereocenters. The maximum Gasteiger partial charge on any atom is 0.354 e. The van der Waals surface area contributed by atoms with Crippen LogP contribution >= 0.6 is 15.9 Å². The quantitative estimate of drug-likeness (QED) is 0.593. The minimum atomic E-state index is -1.08. The fourth-order valence-corrected chi connectivity index (χ4v) is 3.08. The summed E-state index contributed by atoms with van der Waals surface area (Å²) in [7, 11) is 1.54. The van der Waals surface area contributed by atoms with Gasteiger partial charge in [0.05, 0.1) is 12.4 Å². The molecule has 27 heavy (non-hydrogen) atoms. The van der Waals surface area contributed by atoms with E-state index in [1.54, 1.807) is 13.2 Å². The summed E-state index contributed by atoms with van der Waals surface area (Å²) in [5.74, 6) is -0.225. The van der Waals surface area contributed by atoms with Gasteiger partial charge in [0.15, 0.2) is 17.3 Å². The smallest absolute Gasteiger partial charge is 0.354 e. The maximum atomic E-state index is 12.0. The maximum absolute atomic E-state index is 12.0. The van der Waals surface area contributed by atoms with Crippen LogP contribution in [0.5, 0.6) is 0 Å². The molecule has 0 saturated carbocycles. The number of nitrogens with zero attached hydrogens (tertiary/aromatic N) is 3. The fraction of sp³-hybridized carbons (Fsp3) is 0.222. The summed E-state index contributed by atoms with van der Waals surface area (Å²) in [4.78, 5) is 27.5. The number of hydrogen-bond acceptors (Lipinski definition) is 5. The van der Waals surface area contributed by atoms with Gasteiger partial charge in [-0.05, 0) is 6.07 Å². The summed E-state index contributed by atoms with van der Waals surface area (Å²) in [6.45, 7) is 0.0993. The molecule has 0 radical (unpaired) electrons. The number of amides is 1. The normalized spacial score (nSPS) is 10.7. The molecule has 2 heterocycles. The van der Waals surface area contributed by atoms with Gasteiger partial charge in [0.2, 0.25) is 5.91 Å². The number of benzene rings is 1. The van der Waals surface area contributed by atoms with E-state index < -0.39 is 5.97 Å². The Hall–Kier alpha value is -2.94. The first-order chi connectivity index (χ1) is 13.0. The molecule has 2 N–H and O–H groups in total. The number of carbonyl (C=O) groups excluding carboxylic acids is 1. The van der Waals surface area contributed by atoms with Crippen LogP contribution in [0.25, 0.3) is 11.3 Å². The van der Waals surface area contributed by atoms with Gasteiger partial charge in [0.25, 0.3) is 0 Å². The molecule has 8 nitrogen and oxygen atoms in total. The Morgan fingerprint density at radius 3 is 2.81 bits per heavy atom. The average molecular weight is 433 g/mol. The van der Waals surface area contributed by atoms with Crippen molar-refractivity contribution in [2.75, 3.05) is 0 Å². The van der Waals surface area contributed by atoms with Crippen molar-refractivity contribution in [2.24, 2.45) is 7.05 Å². The van der Waals surface area contributed by atoms with Crippen LogP contribution in [-0.2, 0) is 24.8 Å². The van der Waals surface area contributed by atoms with Crippen LogP contribution in [-0.4, -0.2) is 31.7 Å². The SMILES string of the molecule is Cn1ncc(CNC(=O)CCc2ncc(-c3ccccc3Br)o2)c1C(=O)O. The van der Waals surface area contributed by atoms with E-state index in [1.807, 2.05) is 24.3 Å². The molecule has 140 valence electrons. The number of hydrogen-bond donors (Lipinski definition) is 2. The molecular weight excluding hydrogens is 416 g/mol. The number of aromatic nitrogens is 3. The second-order valence-corrected chi connectivity index (χ2v) is 6.68. The number of aromatic carboxylic acids is 1. The summed E-state index contributed by atoms with van der Waals surface area (Å²) in [5.41, 5.74) is 1.39. The third-order valence-corrected chi connectivity index (χ3v) is 4.64. The van der Waals surface area contributed by atoms with Gasteiger partial charge < -0.3 is 14.8 Å². The van der Waals surface area contributed by atoms with Gasteiger partial charge >= 0.3 is 5.97 Å². The lowest BCUT2D eigenvalue weighted by Crippen LogP contribution is -2.24.